The molecule has 0 bridgehead atoms. The van der Waals surface area contributed by atoms with E-state index in [1.54, 1.807) is 23.3 Å². The molecule has 4 aliphatic rings. The number of rotatable bonds is 10. The van der Waals surface area contributed by atoms with Crippen molar-refractivity contribution in [2.24, 2.45) is 46.3 Å². The van der Waals surface area contributed by atoms with Crippen LogP contribution in [0.4, 0.5) is 11.4 Å². The molecule has 230 valence electrons. The summed E-state index contributed by atoms with van der Waals surface area (Å²) in [4.78, 5) is 0. The van der Waals surface area contributed by atoms with Gasteiger partial charge in [-0.2, -0.15) is 0 Å². The van der Waals surface area contributed by atoms with Crippen LogP contribution in [0.1, 0.15) is 86.5 Å². The third kappa shape index (κ3) is 6.11. The van der Waals surface area contributed by atoms with E-state index in [1.807, 2.05) is 12.1 Å². The van der Waals surface area contributed by atoms with Crippen LogP contribution >= 0.6 is 0 Å². The highest BCUT2D eigenvalue weighted by Crippen LogP contribution is 2.66. The summed E-state index contributed by atoms with van der Waals surface area (Å²) in [5, 5.41) is 0. The first kappa shape index (κ1) is 31.0. The first-order valence-corrected chi connectivity index (χ1v) is 16.7. The fraction of sp³-hybridized carbons (Fsp3) is 0.632. The molecule has 0 radical (unpaired) electrons. The first-order valence-electron chi connectivity index (χ1n) is 16.7. The maximum atomic E-state index is 6.33. The van der Waals surface area contributed by atoms with E-state index < -0.39 is 0 Å². The summed E-state index contributed by atoms with van der Waals surface area (Å²) in [7, 11) is 0. The molecule has 5 unspecified atom stereocenters. The number of hydrogen-bond acceptors (Lipinski definition) is 4. The number of fused-ring (bicyclic) bond motifs is 5. The summed E-state index contributed by atoms with van der Waals surface area (Å²) in [6.45, 7) is 15.8. The Balaban J connectivity index is 1.17. The SMILES string of the molecule is CC(C=C[C@H](C)C(C)C)C1CCC2C3=CC=C4CC(OCC=CCOc5ccc(N)cc5N)CC[C@@]4(C)C3CC[C@@]21C. The van der Waals surface area contributed by atoms with Crippen LogP contribution in [0.3, 0.4) is 0 Å². The highest BCUT2D eigenvalue weighted by Gasteiger charge is 2.56. The smallest absolute Gasteiger partial charge is 0.142 e. The van der Waals surface area contributed by atoms with E-state index in [0.717, 1.165) is 24.7 Å². The van der Waals surface area contributed by atoms with Crippen LogP contribution in [0.15, 0.2) is 65.8 Å². The zero-order valence-corrected chi connectivity index (χ0v) is 27.1. The van der Waals surface area contributed by atoms with E-state index in [0.29, 0.717) is 70.9 Å². The summed E-state index contributed by atoms with van der Waals surface area (Å²) >= 11 is 0. The van der Waals surface area contributed by atoms with Gasteiger partial charge in [-0.15, -0.1) is 0 Å². The second-order valence-electron chi connectivity index (χ2n) is 14.7. The number of anilines is 2. The van der Waals surface area contributed by atoms with Crippen LogP contribution in [0.25, 0.3) is 0 Å². The average molecular weight is 573 g/mol. The standard InChI is InChI=1S/C38H56N2O2/c1-25(2)26(3)9-10-27(4)32-14-15-33-31-13-11-28-23-30(17-19-37(28,5)34(31)18-20-38(32,33)6)41-21-7-8-22-42-36-16-12-29(39)24-35(36)40/h7-13,16,24-27,30,32-34H,14-15,17-23,39-40H2,1-6H3/t26-,27?,30?,32?,33?,34?,37+,38+/m0/s1. The van der Waals surface area contributed by atoms with Gasteiger partial charge in [0.25, 0.3) is 0 Å². The van der Waals surface area contributed by atoms with Crippen molar-refractivity contribution in [2.45, 2.75) is 92.6 Å². The third-order valence-electron chi connectivity index (χ3n) is 12.0. The van der Waals surface area contributed by atoms with Crippen LogP contribution in [0, 0.1) is 46.3 Å². The molecule has 4 nitrogen and oxygen atoms in total. The molecule has 4 heteroatoms. The highest BCUT2D eigenvalue weighted by atomic mass is 16.5. The van der Waals surface area contributed by atoms with Crippen molar-refractivity contribution in [3.8, 4) is 5.75 Å². The Labute approximate surface area is 255 Å². The van der Waals surface area contributed by atoms with Gasteiger partial charge in [-0.05, 0) is 116 Å². The van der Waals surface area contributed by atoms with E-state index in [2.05, 4.69) is 71.9 Å². The largest absolute Gasteiger partial charge is 0.487 e. The van der Waals surface area contributed by atoms with Crippen molar-refractivity contribution in [3.63, 3.8) is 0 Å². The average Bonchev–Trinajstić information content (AvgIpc) is 3.31. The number of allylic oxidation sites excluding steroid dienone is 5. The Morgan fingerprint density at radius 3 is 2.45 bits per heavy atom. The molecular weight excluding hydrogens is 516 g/mol. The number of nitrogens with two attached hydrogens (primary N) is 2. The zero-order chi connectivity index (χ0) is 30.1. The number of hydrogen-bond donors (Lipinski definition) is 2. The lowest BCUT2D eigenvalue weighted by Crippen LogP contribution is -2.46. The monoisotopic (exact) mass is 572 g/mol. The molecule has 0 heterocycles. The third-order valence-corrected chi connectivity index (χ3v) is 12.0. The maximum absolute atomic E-state index is 6.33. The lowest BCUT2D eigenvalue weighted by atomic mass is 9.50. The fourth-order valence-electron chi connectivity index (χ4n) is 8.89. The van der Waals surface area contributed by atoms with E-state index in [-0.39, 0.29) is 0 Å². The molecule has 3 saturated carbocycles. The van der Waals surface area contributed by atoms with Gasteiger partial charge in [-0.3, -0.25) is 0 Å². The van der Waals surface area contributed by atoms with Crippen molar-refractivity contribution in [2.75, 3.05) is 24.7 Å². The van der Waals surface area contributed by atoms with Crippen LogP contribution in [-0.2, 0) is 4.74 Å². The Kier molecular flexibility index (Phi) is 9.33. The quantitative estimate of drug-likeness (QED) is 0.217. The molecule has 0 amide bonds. The van der Waals surface area contributed by atoms with Crippen LogP contribution in [0.2, 0.25) is 0 Å². The summed E-state index contributed by atoms with van der Waals surface area (Å²) in [5.41, 5.74) is 17.1. The van der Waals surface area contributed by atoms with Gasteiger partial charge in [0.05, 0.1) is 18.4 Å². The number of benzene rings is 1. The molecule has 1 aromatic rings. The molecule has 42 heavy (non-hydrogen) atoms. The molecule has 4 N–H and O–H groups in total. The Bertz CT molecular complexity index is 1230. The number of ether oxygens (including phenoxy) is 2. The second kappa shape index (κ2) is 12.6. The molecular formula is C38H56N2O2. The molecule has 0 spiro atoms. The molecule has 4 aliphatic carbocycles. The normalized spacial score (nSPS) is 34.1. The molecule has 1 aromatic carbocycles. The van der Waals surface area contributed by atoms with Crippen LogP contribution < -0.4 is 16.2 Å². The Hall–Kier alpha value is -2.46. The van der Waals surface area contributed by atoms with Crippen molar-refractivity contribution < 1.29 is 9.47 Å². The van der Waals surface area contributed by atoms with Crippen molar-refractivity contribution >= 4 is 11.4 Å². The predicted molar refractivity (Wildman–Crippen MR) is 177 cm³/mol. The van der Waals surface area contributed by atoms with Crippen molar-refractivity contribution in [1.29, 1.82) is 0 Å². The fourth-order valence-corrected chi connectivity index (χ4v) is 8.89. The molecule has 3 fully saturated rings. The zero-order valence-electron chi connectivity index (χ0n) is 27.1. The van der Waals surface area contributed by atoms with Gasteiger partial charge in [-0.25, -0.2) is 0 Å². The first-order chi connectivity index (χ1) is 20.0. The summed E-state index contributed by atoms with van der Waals surface area (Å²) in [6.07, 6.45) is 23.4. The molecule has 0 aromatic heterocycles. The summed E-state index contributed by atoms with van der Waals surface area (Å²) in [6, 6.07) is 5.34. The van der Waals surface area contributed by atoms with E-state index in [4.69, 9.17) is 20.9 Å². The minimum absolute atomic E-state index is 0.295. The van der Waals surface area contributed by atoms with Gasteiger partial charge >= 0.3 is 0 Å². The highest BCUT2D eigenvalue weighted by molar-refractivity contribution is 5.60. The van der Waals surface area contributed by atoms with Gasteiger partial charge in [0.1, 0.15) is 12.4 Å². The molecule has 8 atom stereocenters. The minimum atomic E-state index is 0.295. The van der Waals surface area contributed by atoms with Gasteiger partial charge < -0.3 is 20.9 Å². The van der Waals surface area contributed by atoms with Crippen molar-refractivity contribution in [1.82, 2.24) is 0 Å². The van der Waals surface area contributed by atoms with E-state index in [9.17, 15) is 0 Å². The van der Waals surface area contributed by atoms with Gasteiger partial charge in [0.15, 0.2) is 0 Å². The van der Waals surface area contributed by atoms with Gasteiger partial charge in [0.2, 0.25) is 0 Å². The maximum Gasteiger partial charge on any atom is 0.142 e. The minimum Gasteiger partial charge on any atom is -0.487 e. The molecule has 0 saturated heterocycles. The lowest BCUT2D eigenvalue weighted by Gasteiger charge is -2.55. The van der Waals surface area contributed by atoms with Gasteiger partial charge in [0, 0.05) is 5.69 Å². The van der Waals surface area contributed by atoms with E-state index >= 15 is 0 Å². The Morgan fingerprint density at radius 2 is 1.69 bits per heavy atom. The number of nitrogen functional groups attached to an aromatic ring is 2. The predicted octanol–water partition coefficient (Wildman–Crippen LogP) is 9.15. The van der Waals surface area contributed by atoms with Crippen molar-refractivity contribution in [3.05, 3.63) is 65.8 Å². The summed E-state index contributed by atoms with van der Waals surface area (Å²) in [5.74, 6) is 4.94. The van der Waals surface area contributed by atoms with Crippen LogP contribution in [-0.4, -0.2) is 19.3 Å². The van der Waals surface area contributed by atoms with E-state index in [1.165, 1.54) is 32.1 Å². The topological polar surface area (TPSA) is 70.5 Å². The van der Waals surface area contributed by atoms with Crippen LogP contribution in [0.5, 0.6) is 5.75 Å². The summed E-state index contributed by atoms with van der Waals surface area (Å²) < 4.78 is 12.1. The second-order valence-corrected chi connectivity index (χ2v) is 14.7. The lowest BCUT2D eigenvalue weighted by molar-refractivity contribution is 0.0117. The molecule has 0 aliphatic heterocycles. The molecule has 5 rings (SSSR count). The Morgan fingerprint density at radius 1 is 0.905 bits per heavy atom. The van der Waals surface area contributed by atoms with Gasteiger partial charge in [-0.1, -0.05) is 83.1 Å².